The van der Waals surface area contributed by atoms with Crippen LogP contribution in [0.5, 0.6) is 0 Å². The lowest BCUT2D eigenvalue weighted by molar-refractivity contribution is 0.0535. The van der Waals surface area contributed by atoms with Crippen LogP contribution in [0.3, 0.4) is 0 Å². The molecule has 5 rings (SSSR count). The predicted molar refractivity (Wildman–Crippen MR) is 119 cm³/mol. The number of halogens is 1. The van der Waals surface area contributed by atoms with Gasteiger partial charge in [-0.2, -0.15) is 5.26 Å². The summed E-state index contributed by atoms with van der Waals surface area (Å²) >= 11 is 0. The van der Waals surface area contributed by atoms with E-state index in [2.05, 4.69) is 29.3 Å². The summed E-state index contributed by atoms with van der Waals surface area (Å²) in [6.45, 7) is 5.06. The number of cyclic esters (lactones) is 1. The highest BCUT2D eigenvalue weighted by atomic mass is 19.1. The zero-order chi connectivity index (χ0) is 22.2. The van der Waals surface area contributed by atoms with Gasteiger partial charge in [-0.15, -0.1) is 0 Å². The number of esters is 1. The second-order valence-electron chi connectivity index (χ2n) is 8.33. The van der Waals surface area contributed by atoms with Gasteiger partial charge in [-0.1, -0.05) is 12.1 Å². The van der Waals surface area contributed by atoms with Crippen LogP contribution in [-0.2, 0) is 30.9 Å². The topological polar surface area (TPSA) is 65.4 Å². The number of carbonyl (C=O) groups is 1. The van der Waals surface area contributed by atoms with Crippen LogP contribution in [-0.4, -0.2) is 17.4 Å². The highest BCUT2D eigenvalue weighted by molar-refractivity contribution is 5.93. The van der Waals surface area contributed by atoms with Crippen molar-refractivity contribution in [3.63, 3.8) is 0 Å². The summed E-state index contributed by atoms with van der Waals surface area (Å²) in [5.74, 6) is -0.751. The Hall–Kier alpha value is -3.69. The molecule has 0 fully saturated rings. The summed E-state index contributed by atoms with van der Waals surface area (Å²) < 4.78 is 19.1. The molecule has 0 spiro atoms. The van der Waals surface area contributed by atoms with Crippen molar-refractivity contribution in [2.45, 2.75) is 33.0 Å². The largest absolute Gasteiger partial charge is 0.457 e. The lowest BCUT2D eigenvalue weighted by Crippen LogP contribution is -2.30. The Balaban J connectivity index is 1.29. The molecule has 0 unspecified atom stereocenters. The second kappa shape index (κ2) is 8.10. The molecular formula is C26H22FN3O2. The van der Waals surface area contributed by atoms with Gasteiger partial charge in [0.2, 0.25) is 0 Å². The molecule has 6 heteroatoms. The Bertz CT molecular complexity index is 1280. The van der Waals surface area contributed by atoms with E-state index in [1.807, 2.05) is 24.3 Å². The molecule has 0 saturated carbocycles. The van der Waals surface area contributed by atoms with Gasteiger partial charge in [0, 0.05) is 36.6 Å². The quantitative estimate of drug-likeness (QED) is 0.595. The van der Waals surface area contributed by atoms with Gasteiger partial charge < -0.3 is 10.1 Å². The predicted octanol–water partition coefficient (Wildman–Crippen LogP) is 4.98. The van der Waals surface area contributed by atoms with Gasteiger partial charge >= 0.3 is 5.97 Å². The van der Waals surface area contributed by atoms with E-state index < -0.39 is 5.82 Å². The fourth-order valence-electron chi connectivity index (χ4n) is 4.48. The van der Waals surface area contributed by atoms with E-state index in [-0.39, 0.29) is 11.5 Å². The van der Waals surface area contributed by atoms with Crippen molar-refractivity contribution in [1.82, 2.24) is 4.90 Å². The van der Waals surface area contributed by atoms with Crippen LogP contribution in [0.25, 0.3) is 0 Å². The molecule has 2 aliphatic heterocycles. The van der Waals surface area contributed by atoms with E-state index in [4.69, 9.17) is 10.00 Å². The van der Waals surface area contributed by atoms with Gasteiger partial charge in [-0.25, -0.2) is 9.18 Å². The minimum absolute atomic E-state index is 0.0406. The fraction of sp³-hybridized carbons (Fsp3) is 0.231. The minimum atomic E-state index is -0.524. The van der Waals surface area contributed by atoms with Crippen molar-refractivity contribution < 1.29 is 13.9 Å². The molecule has 0 bridgehead atoms. The molecule has 0 aliphatic carbocycles. The van der Waals surface area contributed by atoms with Crippen LogP contribution < -0.4 is 5.32 Å². The molecule has 32 heavy (non-hydrogen) atoms. The Kier molecular flexibility index (Phi) is 5.12. The number of rotatable bonds is 4. The average Bonchev–Trinajstić information content (AvgIpc) is 3.17. The number of carbonyl (C=O) groups excluding carboxylic acids is 1. The molecular weight excluding hydrogens is 405 g/mol. The standard InChI is InChI=1S/C26H22FN3O2/c1-16-19(4-7-23-24(16)15-32-26(23)31)13-30-9-8-17-10-21(6-3-20(17)14-30)29-22-5-2-18(12-28)25(27)11-22/h2-7,10-11,29H,8-9,13-15H2,1H3. The third-order valence-corrected chi connectivity index (χ3v) is 6.35. The normalized spacial score (nSPS) is 15.0. The maximum atomic E-state index is 13.9. The van der Waals surface area contributed by atoms with Gasteiger partial charge in [0.25, 0.3) is 0 Å². The van der Waals surface area contributed by atoms with Gasteiger partial charge in [0.15, 0.2) is 0 Å². The number of nitrogens with zero attached hydrogens (tertiary/aromatic N) is 2. The first-order chi connectivity index (χ1) is 15.5. The van der Waals surface area contributed by atoms with Crippen LogP contribution in [0.4, 0.5) is 15.8 Å². The Morgan fingerprint density at radius 1 is 1.12 bits per heavy atom. The third-order valence-electron chi connectivity index (χ3n) is 6.35. The van der Waals surface area contributed by atoms with Crippen LogP contribution in [0.15, 0.2) is 48.5 Å². The number of nitrogens with one attached hydrogen (secondary N) is 1. The Morgan fingerprint density at radius 3 is 2.75 bits per heavy atom. The average molecular weight is 427 g/mol. The van der Waals surface area contributed by atoms with Gasteiger partial charge in [-0.3, -0.25) is 4.90 Å². The second-order valence-corrected chi connectivity index (χ2v) is 8.33. The molecule has 3 aromatic carbocycles. The smallest absolute Gasteiger partial charge is 0.338 e. The van der Waals surface area contributed by atoms with E-state index in [9.17, 15) is 9.18 Å². The number of anilines is 2. The summed E-state index contributed by atoms with van der Waals surface area (Å²) in [6, 6.07) is 16.5. The summed E-state index contributed by atoms with van der Waals surface area (Å²) in [7, 11) is 0. The molecule has 0 aromatic heterocycles. The van der Waals surface area contributed by atoms with Crippen molar-refractivity contribution in [3.8, 4) is 6.07 Å². The first-order valence-electron chi connectivity index (χ1n) is 10.6. The van der Waals surface area contributed by atoms with Gasteiger partial charge in [0.05, 0.1) is 11.1 Å². The molecule has 2 heterocycles. The summed E-state index contributed by atoms with van der Waals surface area (Å²) in [5, 5.41) is 12.1. The van der Waals surface area contributed by atoms with Crippen LogP contribution in [0.1, 0.15) is 43.7 Å². The molecule has 0 saturated heterocycles. The number of fused-ring (bicyclic) bond motifs is 2. The van der Waals surface area contributed by atoms with Crippen LogP contribution in [0.2, 0.25) is 0 Å². The SMILES string of the molecule is Cc1c(CN2CCc3cc(Nc4ccc(C#N)c(F)c4)ccc3C2)ccc2c1COC2=O. The van der Waals surface area contributed by atoms with Crippen LogP contribution >= 0.6 is 0 Å². The maximum Gasteiger partial charge on any atom is 0.338 e. The van der Waals surface area contributed by atoms with Crippen molar-refractivity contribution in [2.24, 2.45) is 0 Å². The third kappa shape index (κ3) is 3.72. The molecule has 1 N–H and O–H groups in total. The zero-order valence-electron chi connectivity index (χ0n) is 17.7. The molecule has 5 nitrogen and oxygen atoms in total. The Labute approximate surface area is 186 Å². The highest BCUT2D eigenvalue weighted by Gasteiger charge is 2.25. The van der Waals surface area contributed by atoms with E-state index >= 15 is 0 Å². The van der Waals surface area contributed by atoms with Gasteiger partial charge in [0.1, 0.15) is 18.5 Å². The van der Waals surface area contributed by atoms with E-state index in [1.165, 1.54) is 28.8 Å². The number of ether oxygens (including phenoxy) is 1. The molecule has 3 aromatic rings. The number of benzene rings is 3. The van der Waals surface area contributed by atoms with E-state index in [0.717, 1.165) is 42.9 Å². The lowest BCUT2D eigenvalue weighted by atomic mass is 9.96. The lowest BCUT2D eigenvalue weighted by Gasteiger charge is -2.30. The summed E-state index contributed by atoms with van der Waals surface area (Å²) in [5.41, 5.74) is 8.21. The first kappa shape index (κ1) is 20.2. The van der Waals surface area contributed by atoms with Crippen LogP contribution in [0, 0.1) is 24.1 Å². The molecule has 0 radical (unpaired) electrons. The van der Waals surface area contributed by atoms with Gasteiger partial charge in [-0.05, 0) is 72.0 Å². The molecule has 2 aliphatic rings. The van der Waals surface area contributed by atoms with E-state index in [0.29, 0.717) is 17.9 Å². The van der Waals surface area contributed by atoms with E-state index in [1.54, 1.807) is 6.07 Å². The maximum absolute atomic E-state index is 13.9. The first-order valence-corrected chi connectivity index (χ1v) is 10.6. The number of hydrogen-bond acceptors (Lipinski definition) is 5. The Morgan fingerprint density at radius 2 is 1.94 bits per heavy atom. The molecule has 160 valence electrons. The summed E-state index contributed by atoms with van der Waals surface area (Å²) in [6.07, 6.45) is 0.929. The number of nitriles is 1. The monoisotopic (exact) mass is 427 g/mol. The summed E-state index contributed by atoms with van der Waals surface area (Å²) in [4.78, 5) is 14.2. The number of hydrogen-bond donors (Lipinski definition) is 1. The van der Waals surface area contributed by atoms with Crippen molar-refractivity contribution in [3.05, 3.63) is 93.3 Å². The van der Waals surface area contributed by atoms with Crippen molar-refractivity contribution >= 4 is 17.3 Å². The van der Waals surface area contributed by atoms with Crippen molar-refractivity contribution in [2.75, 3.05) is 11.9 Å². The highest BCUT2D eigenvalue weighted by Crippen LogP contribution is 2.29. The van der Waals surface area contributed by atoms with Crippen molar-refractivity contribution in [1.29, 1.82) is 5.26 Å². The molecule has 0 amide bonds. The minimum Gasteiger partial charge on any atom is -0.457 e. The molecule has 0 atom stereocenters. The fourth-order valence-corrected chi connectivity index (χ4v) is 4.48. The zero-order valence-corrected chi connectivity index (χ0v) is 17.7.